The number of aryl methyl sites for hydroxylation is 1. The van der Waals surface area contributed by atoms with Gasteiger partial charge in [0.1, 0.15) is 0 Å². The van der Waals surface area contributed by atoms with Crippen LogP contribution in [0.15, 0.2) is 53.4 Å². The van der Waals surface area contributed by atoms with Gasteiger partial charge >= 0.3 is 0 Å². The minimum atomic E-state index is -3.55. The lowest BCUT2D eigenvalue weighted by Gasteiger charge is -2.32. The van der Waals surface area contributed by atoms with Crippen LogP contribution in [-0.2, 0) is 27.8 Å². The predicted molar refractivity (Wildman–Crippen MR) is 115 cm³/mol. The van der Waals surface area contributed by atoms with Crippen molar-refractivity contribution < 1.29 is 13.2 Å². The van der Waals surface area contributed by atoms with Gasteiger partial charge in [0.15, 0.2) is 0 Å². The Balaban J connectivity index is 1.57. The Hall–Kier alpha value is -1.89. The molecule has 2 aromatic rings. The van der Waals surface area contributed by atoms with Crippen molar-refractivity contribution in [2.45, 2.75) is 37.6 Å². The Labute approximate surface area is 178 Å². The summed E-state index contributed by atoms with van der Waals surface area (Å²) >= 11 is 5.85. The number of piperidine rings is 1. The molecule has 1 fully saturated rings. The van der Waals surface area contributed by atoms with Gasteiger partial charge in [-0.1, -0.05) is 42.8 Å². The lowest BCUT2D eigenvalue weighted by atomic mass is 9.96. The Kier molecular flexibility index (Phi) is 6.98. The molecule has 0 saturated carbocycles. The van der Waals surface area contributed by atoms with E-state index in [-0.39, 0.29) is 16.7 Å². The van der Waals surface area contributed by atoms with Crippen LogP contribution in [-0.4, -0.2) is 43.7 Å². The van der Waals surface area contributed by atoms with Gasteiger partial charge in [-0.05, 0) is 54.7 Å². The summed E-state index contributed by atoms with van der Waals surface area (Å²) in [5.74, 6) is -0.0697. The first-order valence-electron chi connectivity index (χ1n) is 9.89. The van der Waals surface area contributed by atoms with E-state index in [0.717, 1.165) is 12.0 Å². The molecule has 0 aromatic heterocycles. The quantitative estimate of drug-likeness (QED) is 0.691. The van der Waals surface area contributed by atoms with Crippen LogP contribution in [0, 0.1) is 5.92 Å². The van der Waals surface area contributed by atoms with Crippen LogP contribution in [0.5, 0.6) is 0 Å². The zero-order valence-electron chi connectivity index (χ0n) is 16.8. The van der Waals surface area contributed by atoms with Crippen molar-refractivity contribution in [1.82, 2.24) is 9.21 Å². The Morgan fingerprint density at radius 2 is 1.59 bits per heavy atom. The molecule has 5 nitrogen and oxygen atoms in total. The molecule has 3 rings (SSSR count). The molecule has 29 heavy (non-hydrogen) atoms. The van der Waals surface area contributed by atoms with Crippen molar-refractivity contribution >= 4 is 27.5 Å². The summed E-state index contributed by atoms with van der Waals surface area (Å²) in [6, 6.07) is 14.5. The van der Waals surface area contributed by atoms with Crippen LogP contribution in [0.3, 0.4) is 0 Å². The zero-order valence-corrected chi connectivity index (χ0v) is 18.4. The molecule has 0 spiro atoms. The lowest BCUT2D eigenvalue weighted by Crippen LogP contribution is -2.43. The first-order valence-corrected chi connectivity index (χ1v) is 11.7. The predicted octanol–water partition coefficient (Wildman–Crippen LogP) is 3.96. The molecular formula is C22H27ClN2O3S. The normalized spacial score (nSPS) is 16.0. The van der Waals surface area contributed by atoms with E-state index in [1.165, 1.54) is 22.0 Å². The Morgan fingerprint density at radius 3 is 2.14 bits per heavy atom. The maximum Gasteiger partial charge on any atom is 0.243 e. The van der Waals surface area contributed by atoms with E-state index in [1.807, 2.05) is 7.05 Å². The molecule has 0 unspecified atom stereocenters. The smallest absolute Gasteiger partial charge is 0.243 e. The molecule has 0 radical (unpaired) electrons. The molecule has 0 aliphatic carbocycles. The highest BCUT2D eigenvalue weighted by Gasteiger charge is 2.33. The number of benzene rings is 2. The summed E-state index contributed by atoms with van der Waals surface area (Å²) in [4.78, 5) is 14.8. The van der Waals surface area contributed by atoms with E-state index in [4.69, 9.17) is 11.6 Å². The topological polar surface area (TPSA) is 57.7 Å². The van der Waals surface area contributed by atoms with E-state index >= 15 is 0 Å². The highest BCUT2D eigenvalue weighted by molar-refractivity contribution is 7.89. The van der Waals surface area contributed by atoms with Crippen LogP contribution < -0.4 is 0 Å². The number of sulfonamides is 1. The molecule has 0 atom stereocenters. The van der Waals surface area contributed by atoms with Crippen LogP contribution in [0.25, 0.3) is 0 Å². The van der Waals surface area contributed by atoms with E-state index < -0.39 is 10.0 Å². The third kappa shape index (κ3) is 5.18. The second-order valence-electron chi connectivity index (χ2n) is 7.50. The van der Waals surface area contributed by atoms with Gasteiger partial charge in [0, 0.05) is 37.6 Å². The standard InChI is InChI=1S/C22H27ClN2O3S/c1-3-17-4-6-18(7-5-17)16-24(2)22(26)19-12-14-25(15-13-19)29(27,28)21-10-8-20(23)9-11-21/h4-11,19H,3,12-16H2,1-2H3. The number of hydrogen-bond acceptors (Lipinski definition) is 3. The number of hydrogen-bond donors (Lipinski definition) is 0. The largest absolute Gasteiger partial charge is 0.341 e. The fourth-order valence-corrected chi connectivity index (χ4v) is 5.24. The summed E-state index contributed by atoms with van der Waals surface area (Å²) < 4.78 is 27.0. The first-order chi connectivity index (χ1) is 13.8. The van der Waals surface area contributed by atoms with Gasteiger partial charge in [-0.25, -0.2) is 8.42 Å². The molecule has 1 saturated heterocycles. The van der Waals surface area contributed by atoms with Crippen molar-refractivity contribution in [3.63, 3.8) is 0 Å². The molecule has 0 bridgehead atoms. The number of nitrogens with zero attached hydrogens (tertiary/aromatic N) is 2. The van der Waals surface area contributed by atoms with Crippen LogP contribution >= 0.6 is 11.6 Å². The first kappa shape index (κ1) is 21.8. The summed E-state index contributed by atoms with van der Waals surface area (Å²) in [6.45, 7) is 3.37. The fourth-order valence-electron chi connectivity index (χ4n) is 3.64. The second kappa shape index (κ2) is 9.28. The van der Waals surface area contributed by atoms with Crippen LogP contribution in [0.1, 0.15) is 30.9 Å². The Morgan fingerprint density at radius 1 is 1.03 bits per heavy atom. The van der Waals surface area contributed by atoms with Crippen molar-refractivity contribution in [3.05, 3.63) is 64.7 Å². The maximum absolute atomic E-state index is 12.8. The molecule has 1 aliphatic heterocycles. The molecular weight excluding hydrogens is 408 g/mol. The van der Waals surface area contributed by atoms with E-state index in [0.29, 0.717) is 37.5 Å². The average molecular weight is 435 g/mol. The zero-order chi connectivity index (χ0) is 21.0. The number of amides is 1. The summed E-state index contributed by atoms with van der Waals surface area (Å²) in [5.41, 5.74) is 2.37. The SMILES string of the molecule is CCc1ccc(CN(C)C(=O)C2CCN(S(=O)(=O)c3ccc(Cl)cc3)CC2)cc1. The van der Waals surface area contributed by atoms with Gasteiger partial charge in [0.25, 0.3) is 0 Å². The average Bonchev–Trinajstić information content (AvgIpc) is 2.74. The highest BCUT2D eigenvalue weighted by atomic mass is 35.5. The van der Waals surface area contributed by atoms with E-state index in [1.54, 1.807) is 17.0 Å². The van der Waals surface area contributed by atoms with Gasteiger partial charge in [0.05, 0.1) is 4.90 Å². The van der Waals surface area contributed by atoms with Crippen molar-refractivity contribution in [1.29, 1.82) is 0 Å². The van der Waals surface area contributed by atoms with Crippen molar-refractivity contribution in [3.8, 4) is 0 Å². The molecule has 1 aliphatic rings. The monoisotopic (exact) mass is 434 g/mol. The highest BCUT2D eigenvalue weighted by Crippen LogP contribution is 2.26. The molecule has 156 valence electrons. The molecule has 7 heteroatoms. The third-order valence-corrected chi connectivity index (χ3v) is 7.65. The minimum absolute atomic E-state index is 0.0770. The van der Waals surface area contributed by atoms with Crippen molar-refractivity contribution in [2.75, 3.05) is 20.1 Å². The number of halogens is 1. The summed E-state index contributed by atoms with van der Waals surface area (Å²) in [7, 11) is -1.74. The van der Waals surface area contributed by atoms with Crippen LogP contribution in [0.4, 0.5) is 0 Å². The molecule has 1 heterocycles. The Bertz CT molecular complexity index is 935. The van der Waals surface area contributed by atoms with E-state index in [9.17, 15) is 13.2 Å². The minimum Gasteiger partial charge on any atom is -0.341 e. The van der Waals surface area contributed by atoms with Gasteiger partial charge in [0.2, 0.25) is 15.9 Å². The fraction of sp³-hybridized carbons (Fsp3) is 0.409. The van der Waals surface area contributed by atoms with Crippen molar-refractivity contribution in [2.24, 2.45) is 5.92 Å². The molecule has 1 amide bonds. The third-order valence-electron chi connectivity index (χ3n) is 5.48. The maximum atomic E-state index is 12.8. The number of rotatable bonds is 6. The van der Waals surface area contributed by atoms with Gasteiger partial charge < -0.3 is 4.90 Å². The number of carbonyl (C=O) groups excluding carboxylic acids is 1. The second-order valence-corrected chi connectivity index (χ2v) is 9.87. The van der Waals surface area contributed by atoms with Gasteiger partial charge in [-0.2, -0.15) is 4.31 Å². The van der Waals surface area contributed by atoms with Crippen LogP contribution in [0.2, 0.25) is 5.02 Å². The van der Waals surface area contributed by atoms with Gasteiger partial charge in [-0.15, -0.1) is 0 Å². The molecule has 0 N–H and O–H groups in total. The lowest BCUT2D eigenvalue weighted by molar-refractivity contribution is -0.135. The molecule has 2 aromatic carbocycles. The number of carbonyl (C=O) groups is 1. The summed E-state index contributed by atoms with van der Waals surface area (Å²) in [6.07, 6.45) is 2.06. The summed E-state index contributed by atoms with van der Waals surface area (Å²) in [5, 5.41) is 0.501. The van der Waals surface area contributed by atoms with Gasteiger partial charge in [-0.3, -0.25) is 4.79 Å². The van der Waals surface area contributed by atoms with E-state index in [2.05, 4.69) is 31.2 Å².